The third kappa shape index (κ3) is 7.69. The van der Waals surface area contributed by atoms with E-state index < -0.39 is 12.2 Å². The SMILES string of the molecule is CC(C)Oc1ccc(C(=O)N(Cc2ccc(C(=O)NC(N=N)N=N)cc2)C2CCC(C(C)(C)C)CC2)cc1. The molecule has 38 heavy (non-hydrogen) atoms. The molecular weight excluding hydrogens is 480 g/mol. The first-order chi connectivity index (χ1) is 18.0. The summed E-state index contributed by atoms with van der Waals surface area (Å²) in [6.07, 6.45) is 2.91. The molecule has 3 N–H and O–H groups in total. The molecule has 9 heteroatoms. The van der Waals surface area contributed by atoms with Crippen LogP contribution < -0.4 is 10.1 Å². The van der Waals surface area contributed by atoms with Crippen molar-refractivity contribution in [1.29, 1.82) is 11.1 Å². The zero-order chi connectivity index (χ0) is 27.9. The first kappa shape index (κ1) is 28.9. The van der Waals surface area contributed by atoms with Crippen molar-refractivity contribution >= 4 is 11.8 Å². The van der Waals surface area contributed by atoms with Gasteiger partial charge in [0.2, 0.25) is 0 Å². The highest BCUT2D eigenvalue weighted by atomic mass is 16.5. The van der Waals surface area contributed by atoms with Crippen LogP contribution in [0.1, 0.15) is 86.6 Å². The average Bonchev–Trinajstić information content (AvgIpc) is 2.90. The summed E-state index contributed by atoms with van der Waals surface area (Å²) in [5, 5.41) is 8.56. The fourth-order valence-corrected chi connectivity index (χ4v) is 4.99. The maximum Gasteiger partial charge on any atom is 0.254 e. The number of amides is 2. The molecule has 1 aliphatic carbocycles. The number of carbonyl (C=O) groups is 2. The summed E-state index contributed by atoms with van der Waals surface area (Å²) < 4.78 is 5.74. The molecule has 1 fully saturated rings. The van der Waals surface area contributed by atoms with E-state index in [-0.39, 0.29) is 23.5 Å². The molecule has 0 radical (unpaired) electrons. The second-order valence-corrected chi connectivity index (χ2v) is 11.3. The van der Waals surface area contributed by atoms with Gasteiger partial charge in [-0.2, -0.15) is 0 Å². The monoisotopic (exact) mass is 520 g/mol. The highest BCUT2D eigenvalue weighted by Gasteiger charge is 2.34. The van der Waals surface area contributed by atoms with E-state index in [1.165, 1.54) is 0 Å². The molecule has 0 spiro atoms. The minimum Gasteiger partial charge on any atom is -0.491 e. The number of hydrogen-bond donors (Lipinski definition) is 3. The molecule has 0 unspecified atom stereocenters. The number of rotatable bonds is 10. The van der Waals surface area contributed by atoms with Crippen LogP contribution in [-0.2, 0) is 6.54 Å². The number of hydrogen-bond acceptors (Lipinski definition) is 7. The van der Waals surface area contributed by atoms with Crippen LogP contribution in [0.15, 0.2) is 58.8 Å². The van der Waals surface area contributed by atoms with Crippen LogP contribution in [0.3, 0.4) is 0 Å². The summed E-state index contributed by atoms with van der Waals surface area (Å²) in [5.41, 5.74) is 16.1. The van der Waals surface area contributed by atoms with Gasteiger partial charge in [-0.3, -0.25) is 9.59 Å². The van der Waals surface area contributed by atoms with E-state index in [1.807, 2.05) is 55.1 Å². The van der Waals surface area contributed by atoms with Gasteiger partial charge in [-0.25, -0.2) is 11.1 Å². The number of benzene rings is 2. The van der Waals surface area contributed by atoms with Crippen molar-refractivity contribution in [3.63, 3.8) is 0 Å². The first-order valence-electron chi connectivity index (χ1n) is 13.2. The quantitative estimate of drug-likeness (QED) is 0.298. The van der Waals surface area contributed by atoms with Crippen molar-refractivity contribution in [2.24, 2.45) is 21.6 Å². The Labute approximate surface area is 225 Å². The van der Waals surface area contributed by atoms with Crippen LogP contribution in [-0.4, -0.2) is 35.1 Å². The molecule has 2 amide bonds. The maximum absolute atomic E-state index is 13.8. The smallest absolute Gasteiger partial charge is 0.254 e. The Kier molecular flexibility index (Phi) is 9.72. The van der Waals surface area contributed by atoms with Crippen molar-refractivity contribution in [2.45, 2.75) is 85.3 Å². The van der Waals surface area contributed by atoms with E-state index in [2.05, 4.69) is 36.3 Å². The Morgan fingerprint density at radius 2 is 1.50 bits per heavy atom. The van der Waals surface area contributed by atoms with Crippen LogP contribution in [0.4, 0.5) is 0 Å². The van der Waals surface area contributed by atoms with Gasteiger partial charge >= 0.3 is 0 Å². The van der Waals surface area contributed by atoms with Crippen molar-refractivity contribution in [1.82, 2.24) is 10.2 Å². The highest BCUT2D eigenvalue weighted by molar-refractivity contribution is 5.95. The molecule has 9 nitrogen and oxygen atoms in total. The van der Waals surface area contributed by atoms with Crippen LogP contribution in [0.25, 0.3) is 0 Å². The third-order valence-corrected chi connectivity index (χ3v) is 7.17. The summed E-state index contributed by atoms with van der Waals surface area (Å²) in [6.45, 7) is 11.2. The van der Waals surface area contributed by atoms with E-state index in [9.17, 15) is 9.59 Å². The molecule has 0 aliphatic heterocycles. The van der Waals surface area contributed by atoms with Crippen LogP contribution >= 0.6 is 0 Å². The molecule has 0 aromatic heterocycles. The molecular formula is C29H40N6O3. The van der Waals surface area contributed by atoms with Crippen LogP contribution in [0.2, 0.25) is 0 Å². The molecule has 3 rings (SSSR count). The molecule has 1 saturated carbocycles. The summed E-state index contributed by atoms with van der Waals surface area (Å²) in [5.74, 6) is 0.891. The Bertz CT molecular complexity index is 1090. The van der Waals surface area contributed by atoms with E-state index in [0.717, 1.165) is 37.0 Å². The minimum absolute atomic E-state index is 0.0147. The molecule has 0 saturated heterocycles. The summed E-state index contributed by atoms with van der Waals surface area (Å²) in [7, 11) is 0. The highest BCUT2D eigenvalue weighted by Crippen LogP contribution is 2.39. The third-order valence-electron chi connectivity index (χ3n) is 7.17. The van der Waals surface area contributed by atoms with Crippen LogP contribution in [0.5, 0.6) is 5.75 Å². The first-order valence-corrected chi connectivity index (χ1v) is 13.2. The zero-order valence-corrected chi connectivity index (χ0v) is 23.0. The Hall–Kier alpha value is -3.62. The molecule has 2 aromatic carbocycles. The van der Waals surface area contributed by atoms with Gasteiger partial charge in [0.1, 0.15) is 5.75 Å². The van der Waals surface area contributed by atoms with Gasteiger partial charge in [-0.15, -0.1) is 10.2 Å². The minimum atomic E-state index is -1.23. The van der Waals surface area contributed by atoms with Gasteiger partial charge < -0.3 is 15.0 Å². The molecule has 0 bridgehead atoms. The summed E-state index contributed by atoms with van der Waals surface area (Å²) >= 11 is 0. The van der Waals surface area contributed by atoms with Crippen LogP contribution in [0, 0.1) is 22.4 Å². The normalized spacial score (nSPS) is 18.4. The van der Waals surface area contributed by atoms with Gasteiger partial charge in [-0.1, -0.05) is 32.9 Å². The van der Waals surface area contributed by atoms with Gasteiger partial charge in [0.15, 0.2) is 0 Å². The second-order valence-electron chi connectivity index (χ2n) is 11.3. The number of carbonyl (C=O) groups excluding carboxylic acids is 2. The zero-order valence-electron chi connectivity index (χ0n) is 23.0. The number of ether oxygens (including phenoxy) is 1. The van der Waals surface area contributed by atoms with Gasteiger partial charge in [0, 0.05) is 23.7 Å². The fraction of sp³-hybridized carbons (Fsp3) is 0.517. The number of nitrogens with one attached hydrogen (secondary N) is 3. The lowest BCUT2D eigenvalue weighted by atomic mass is 9.71. The summed E-state index contributed by atoms with van der Waals surface area (Å²) in [6, 6.07) is 14.5. The second kappa shape index (κ2) is 12.8. The lowest BCUT2D eigenvalue weighted by molar-refractivity contribution is 0.0530. The predicted molar refractivity (Wildman–Crippen MR) is 145 cm³/mol. The van der Waals surface area contributed by atoms with Gasteiger partial charge in [-0.05, 0) is 92.8 Å². The van der Waals surface area contributed by atoms with E-state index in [4.69, 9.17) is 15.8 Å². The lowest BCUT2D eigenvalue weighted by Gasteiger charge is -2.41. The molecule has 0 heterocycles. The maximum atomic E-state index is 13.8. The molecule has 204 valence electrons. The van der Waals surface area contributed by atoms with Crippen molar-refractivity contribution in [2.75, 3.05) is 0 Å². The molecule has 0 atom stereocenters. The van der Waals surface area contributed by atoms with Crippen molar-refractivity contribution in [3.8, 4) is 5.75 Å². The molecule has 2 aromatic rings. The van der Waals surface area contributed by atoms with Crippen molar-refractivity contribution in [3.05, 3.63) is 65.2 Å². The largest absolute Gasteiger partial charge is 0.491 e. The Morgan fingerprint density at radius 1 is 0.947 bits per heavy atom. The lowest BCUT2D eigenvalue weighted by Crippen LogP contribution is -2.43. The fourth-order valence-electron chi connectivity index (χ4n) is 4.99. The van der Waals surface area contributed by atoms with Gasteiger partial charge in [0.25, 0.3) is 18.1 Å². The Morgan fingerprint density at radius 3 is 2.00 bits per heavy atom. The Balaban J connectivity index is 1.80. The predicted octanol–water partition coefficient (Wildman–Crippen LogP) is 6.80. The molecule has 1 aliphatic rings. The van der Waals surface area contributed by atoms with E-state index in [1.54, 1.807) is 12.1 Å². The standard InChI is InChI=1S/C29H40N6O3/c1-19(2)38-25-16-10-22(11-17-25)27(37)35(24-14-12-23(13-15-24)29(3,4)5)18-20-6-8-21(9-7-20)26(36)32-28(33-30)34-31/h6-11,16-17,19,23-24,28,30-31H,12-15,18H2,1-5H3,(H,32,36). The average molecular weight is 521 g/mol. The topological polar surface area (TPSA) is 131 Å². The van der Waals surface area contributed by atoms with E-state index in [0.29, 0.717) is 23.6 Å². The number of nitrogens with zero attached hydrogens (tertiary/aromatic N) is 3. The van der Waals surface area contributed by atoms with E-state index >= 15 is 0 Å². The summed E-state index contributed by atoms with van der Waals surface area (Å²) in [4.78, 5) is 28.1. The van der Waals surface area contributed by atoms with Crippen molar-refractivity contribution < 1.29 is 14.3 Å². The van der Waals surface area contributed by atoms with Gasteiger partial charge in [0.05, 0.1) is 6.10 Å².